The number of H-pyrrole nitrogens is 1. The molecule has 0 radical (unpaired) electrons. The second-order valence-corrected chi connectivity index (χ2v) is 5.79. The highest BCUT2D eigenvalue weighted by Crippen LogP contribution is 2.16. The first kappa shape index (κ1) is 15.6. The van der Waals surface area contributed by atoms with Gasteiger partial charge in [-0.1, -0.05) is 23.7 Å². The van der Waals surface area contributed by atoms with Crippen molar-refractivity contribution in [2.24, 2.45) is 0 Å². The molecule has 0 aliphatic rings. The highest BCUT2D eigenvalue weighted by atomic mass is 35.5. The number of nitrogens with one attached hydrogen (secondary N) is 2. The van der Waals surface area contributed by atoms with E-state index in [1.807, 2.05) is 6.07 Å². The maximum absolute atomic E-state index is 12.6. The monoisotopic (exact) mass is 344 g/mol. The van der Waals surface area contributed by atoms with Crippen molar-refractivity contribution in [1.82, 2.24) is 4.98 Å². The van der Waals surface area contributed by atoms with Gasteiger partial charge in [-0.05, 0) is 35.9 Å². The van der Waals surface area contributed by atoms with Crippen LogP contribution in [-0.4, -0.2) is 10.9 Å². The molecule has 0 spiro atoms. The second-order valence-electron chi connectivity index (χ2n) is 5.03. The standard InChI is InChI=1S/C17H13ClN2O2S/c18-11-2-1-3-12(7-11)20-17(22)14-8-19-15-5-4-10(9-23)6-13(15)16(14)21/h1-8,23H,9H2,(H,19,21)(H,20,22). The number of halogens is 1. The smallest absolute Gasteiger partial charge is 0.261 e. The van der Waals surface area contributed by atoms with Gasteiger partial charge in [-0.15, -0.1) is 0 Å². The first-order valence-electron chi connectivity index (χ1n) is 6.90. The third-order valence-electron chi connectivity index (χ3n) is 3.45. The molecule has 6 heteroatoms. The molecule has 3 aromatic rings. The molecule has 4 nitrogen and oxygen atoms in total. The van der Waals surface area contributed by atoms with Crippen LogP contribution < -0.4 is 10.7 Å². The van der Waals surface area contributed by atoms with Crippen molar-refractivity contribution in [1.29, 1.82) is 0 Å². The molecule has 1 heterocycles. The number of benzene rings is 2. The Kier molecular flexibility index (Phi) is 4.41. The maximum Gasteiger partial charge on any atom is 0.261 e. The van der Waals surface area contributed by atoms with E-state index in [0.717, 1.165) is 5.56 Å². The number of carbonyl (C=O) groups is 1. The number of carbonyl (C=O) groups excluding carboxylic acids is 1. The summed E-state index contributed by atoms with van der Waals surface area (Å²) in [6.45, 7) is 0. The molecule has 0 saturated heterocycles. The van der Waals surface area contributed by atoms with Crippen molar-refractivity contribution in [3.8, 4) is 0 Å². The van der Waals surface area contributed by atoms with Gasteiger partial charge in [0.1, 0.15) is 5.56 Å². The molecular weight excluding hydrogens is 332 g/mol. The van der Waals surface area contributed by atoms with Gasteiger partial charge in [-0.25, -0.2) is 0 Å². The van der Waals surface area contributed by atoms with Crippen LogP contribution in [0.2, 0.25) is 5.02 Å². The van der Waals surface area contributed by atoms with Crippen LogP contribution >= 0.6 is 24.2 Å². The van der Waals surface area contributed by atoms with E-state index in [0.29, 0.717) is 27.4 Å². The summed E-state index contributed by atoms with van der Waals surface area (Å²) in [5.74, 6) is 0.0422. The van der Waals surface area contributed by atoms with Gasteiger partial charge in [0.05, 0.1) is 0 Å². The number of aromatic nitrogens is 1. The van der Waals surface area contributed by atoms with E-state index in [9.17, 15) is 9.59 Å². The summed E-state index contributed by atoms with van der Waals surface area (Å²) in [5, 5.41) is 3.65. The van der Waals surface area contributed by atoms with Crippen molar-refractivity contribution in [3.63, 3.8) is 0 Å². The largest absolute Gasteiger partial charge is 0.360 e. The predicted molar refractivity (Wildman–Crippen MR) is 96.7 cm³/mol. The summed E-state index contributed by atoms with van der Waals surface area (Å²) in [6, 6.07) is 12.2. The molecule has 0 unspecified atom stereocenters. The molecule has 1 aromatic heterocycles. The van der Waals surface area contributed by atoms with Crippen molar-refractivity contribution in [3.05, 3.63) is 75.0 Å². The van der Waals surface area contributed by atoms with E-state index in [1.165, 1.54) is 6.20 Å². The Bertz CT molecular complexity index is 953. The molecular formula is C17H13ClN2O2S. The first-order valence-corrected chi connectivity index (χ1v) is 7.91. The van der Waals surface area contributed by atoms with Gasteiger partial charge >= 0.3 is 0 Å². The van der Waals surface area contributed by atoms with Gasteiger partial charge in [0.15, 0.2) is 0 Å². The molecule has 0 fully saturated rings. The number of hydrogen-bond acceptors (Lipinski definition) is 3. The predicted octanol–water partition coefficient (Wildman–Crippen LogP) is 3.86. The molecule has 0 saturated carbocycles. The molecule has 1 amide bonds. The quantitative estimate of drug-likeness (QED) is 0.632. The highest BCUT2D eigenvalue weighted by Gasteiger charge is 2.13. The summed E-state index contributed by atoms with van der Waals surface area (Å²) >= 11 is 10.1. The Hall–Kier alpha value is -2.24. The molecule has 3 rings (SSSR count). The van der Waals surface area contributed by atoms with Crippen LogP contribution in [0.3, 0.4) is 0 Å². The minimum atomic E-state index is -0.480. The number of thiol groups is 1. The minimum absolute atomic E-state index is 0.0498. The molecule has 0 aliphatic heterocycles. The van der Waals surface area contributed by atoms with Crippen LogP contribution in [0, 0.1) is 0 Å². The number of rotatable bonds is 3. The van der Waals surface area contributed by atoms with Gasteiger partial charge in [-0.3, -0.25) is 9.59 Å². The SMILES string of the molecule is O=C(Nc1cccc(Cl)c1)c1c[nH]c2ccc(CS)cc2c1=O. The number of aromatic amines is 1. The van der Waals surface area contributed by atoms with E-state index < -0.39 is 5.91 Å². The lowest BCUT2D eigenvalue weighted by atomic mass is 10.1. The fraction of sp³-hybridized carbons (Fsp3) is 0.0588. The van der Waals surface area contributed by atoms with E-state index in [4.69, 9.17) is 11.6 Å². The molecule has 2 aromatic carbocycles. The number of amides is 1. The summed E-state index contributed by atoms with van der Waals surface area (Å²) in [4.78, 5) is 27.9. The lowest BCUT2D eigenvalue weighted by Crippen LogP contribution is -2.22. The second kappa shape index (κ2) is 6.48. The van der Waals surface area contributed by atoms with Crippen molar-refractivity contribution in [2.75, 3.05) is 5.32 Å². The van der Waals surface area contributed by atoms with Crippen LogP contribution in [0.4, 0.5) is 5.69 Å². The average Bonchev–Trinajstić information content (AvgIpc) is 2.55. The third-order valence-corrected chi connectivity index (χ3v) is 4.06. The summed E-state index contributed by atoms with van der Waals surface area (Å²) in [6.07, 6.45) is 1.42. The van der Waals surface area contributed by atoms with Gasteiger partial charge in [-0.2, -0.15) is 12.6 Å². The van der Waals surface area contributed by atoms with Gasteiger partial charge < -0.3 is 10.3 Å². The Labute approximate surface area is 142 Å². The van der Waals surface area contributed by atoms with Gasteiger partial charge in [0.2, 0.25) is 5.43 Å². The zero-order valence-corrected chi connectivity index (χ0v) is 13.6. The summed E-state index contributed by atoms with van der Waals surface area (Å²) in [5.41, 5.74) is 1.86. The number of hydrogen-bond donors (Lipinski definition) is 3. The van der Waals surface area contributed by atoms with Crippen molar-refractivity contribution in [2.45, 2.75) is 5.75 Å². The lowest BCUT2D eigenvalue weighted by molar-refractivity contribution is 0.102. The summed E-state index contributed by atoms with van der Waals surface area (Å²) in [7, 11) is 0. The van der Waals surface area contributed by atoms with E-state index >= 15 is 0 Å². The van der Waals surface area contributed by atoms with E-state index in [1.54, 1.807) is 36.4 Å². The first-order chi connectivity index (χ1) is 11.1. The van der Waals surface area contributed by atoms with Crippen molar-refractivity contribution < 1.29 is 4.79 Å². The van der Waals surface area contributed by atoms with Crippen LogP contribution in [0.25, 0.3) is 10.9 Å². The lowest BCUT2D eigenvalue weighted by Gasteiger charge is -2.07. The topological polar surface area (TPSA) is 62.0 Å². The maximum atomic E-state index is 12.6. The molecule has 116 valence electrons. The number of fused-ring (bicyclic) bond motifs is 1. The van der Waals surface area contributed by atoms with Crippen LogP contribution in [0.1, 0.15) is 15.9 Å². The number of anilines is 1. The molecule has 23 heavy (non-hydrogen) atoms. The normalized spacial score (nSPS) is 10.7. The molecule has 0 bridgehead atoms. The van der Waals surface area contributed by atoms with Crippen LogP contribution in [-0.2, 0) is 5.75 Å². The van der Waals surface area contributed by atoms with Crippen LogP contribution in [0.5, 0.6) is 0 Å². The molecule has 0 aliphatic carbocycles. The van der Waals surface area contributed by atoms with Crippen molar-refractivity contribution >= 4 is 46.7 Å². The zero-order valence-electron chi connectivity index (χ0n) is 12.0. The Balaban J connectivity index is 2.00. The van der Waals surface area contributed by atoms with E-state index in [-0.39, 0.29) is 11.0 Å². The molecule has 0 atom stereocenters. The summed E-state index contributed by atoms with van der Waals surface area (Å²) < 4.78 is 0. The highest BCUT2D eigenvalue weighted by molar-refractivity contribution is 7.79. The zero-order chi connectivity index (χ0) is 16.4. The number of pyridine rings is 1. The van der Waals surface area contributed by atoms with Gasteiger partial charge in [0.25, 0.3) is 5.91 Å². The average molecular weight is 345 g/mol. The third kappa shape index (κ3) is 3.25. The van der Waals surface area contributed by atoms with E-state index in [2.05, 4.69) is 22.9 Å². The Morgan fingerprint density at radius 2 is 2.04 bits per heavy atom. The van der Waals surface area contributed by atoms with Crippen LogP contribution in [0.15, 0.2) is 53.5 Å². The fourth-order valence-electron chi connectivity index (χ4n) is 2.30. The van der Waals surface area contributed by atoms with Gasteiger partial charge in [0, 0.05) is 33.6 Å². The Morgan fingerprint density at radius 3 is 2.78 bits per heavy atom. The minimum Gasteiger partial charge on any atom is -0.360 e. The Morgan fingerprint density at radius 1 is 1.22 bits per heavy atom. The fourth-order valence-corrected chi connectivity index (χ4v) is 2.68. The molecule has 2 N–H and O–H groups in total.